The minimum atomic E-state index is -2.87. The van der Waals surface area contributed by atoms with Gasteiger partial charge < -0.3 is 24.5 Å². The van der Waals surface area contributed by atoms with E-state index in [1.807, 2.05) is 23.1 Å². The zero-order valence-electron chi connectivity index (χ0n) is 14.7. The molecule has 0 saturated carbocycles. The number of anilines is 1. The van der Waals surface area contributed by atoms with Crippen LogP contribution in [0.5, 0.6) is 11.5 Å². The number of hydrogen-bond acceptors (Lipinski definition) is 4. The average Bonchev–Trinajstić information content (AvgIpc) is 3.17. The number of rotatable bonds is 7. The number of phenols is 1. The molecule has 0 aliphatic rings. The third kappa shape index (κ3) is 5.43. The van der Waals surface area contributed by atoms with Gasteiger partial charge in [-0.15, -0.1) is 0 Å². The van der Waals surface area contributed by atoms with Gasteiger partial charge in [0, 0.05) is 17.8 Å². The molecule has 146 valence electrons. The summed E-state index contributed by atoms with van der Waals surface area (Å²) in [6.45, 7) is -2.13. The number of alkyl halides is 2. The number of para-hydroxylation sites is 1. The molecular weight excluding hydrogens is 386 g/mol. The van der Waals surface area contributed by atoms with Crippen LogP contribution in [0.4, 0.5) is 14.5 Å². The molecule has 0 spiro atoms. The molecule has 28 heavy (non-hydrogen) atoms. The van der Waals surface area contributed by atoms with E-state index in [4.69, 9.17) is 16.6 Å². The Labute approximate surface area is 166 Å². The van der Waals surface area contributed by atoms with Crippen molar-refractivity contribution >= 4 is 23.0 Å². The van der Waals surface area contributed by atoms with Crippen LogP contribution in [-0.2, 0) is 13.1 Å². The lowest BCUT2D eigenvalue weighted by Crippen LogP contribution is -2.33. The zero-order valence-corrected chi connectivity index (χ0v) is 15.5. The highest BCUT2D eigenvalue weighted by Crippen LogP contribution is 2.22. The van der Waals surface area contributed by atoms with Crippen molar-refractivity contribution in [3.05, 3.63) is 78.3 Å². The second-order valence-electron chi connectivity index (χ2n) is 5.90. The van der Waals surface area contributed by atoms with E-state index in [0.717, 1.165) is 0 Å². The number of phenolic OH excluding ortho intramolecular Hbond substituents is 1. The fourth-order valence-corrected chi connectivity index (χ4v) is 2.81. The Kier molecular flexibility index (Phi) is 6.44. The maximum Gasteiger partial charge on any atom is 0.387 e. The molecule has 0 aliphatic carbocycles. The van der Waals surface area contributed by atoms with Crippen molar-refractivity contribution < 1.29 is 23.0 Å². The third-order valence-electron chi connectivity index (χ3n) is 3.90. The van der Waals surface area contributed by atoms with E-state index in [9.17, 15) is 13.9 Å². The van der Waals surface area contributed by atoms with E-state index >= 15 is 0 Å². The maximum absolute atomic E-state index is 12.3. The first-order valence-corrected chi connectivity index (χ1v) is 8.82. The molecule has 1 heterocycles. The van der Waals surface area contributed by atoms with Crippen LogP contribution in [0.25, 0.3) is 0 Å². The van der Waals surface area contributed by atoms with Crippen LogP contribution in [0.1, 0.15) is 11.3 Å². The van der Waals surface area contributed by atoms with Gasteiger partial charge in [0.1, 0.15) is 17.3 Å². The normalized spacial score (nSPS) is 10.7. The Hall–Kier alpha value is -3.13. The van der Waals surface area contributed by atoms with Crippen LogP contribution in [0.15, 0.2) is 71.3 Å². The minimum Gasteiger partial charge on any atom is -0.508 e. The number of furan rings is 1. The van der Waals surface area contributed by atoms with Crippen molar-refractivity contribution in [1.82, 2.24) is 4.90 Å². The molecule has 2 N–H and O–H groups in total. The second-order valence-corrected chi connectivity index (χ2v) is 6.28. The highest BCUT2D eigenvalue weighted by molar-refractivity contribution is 7.80. The molecule has 2 aromatic carbocycles. The topological polar surface area (TPSA) is 57.9 Å². The van der Waals surface area contributed by atoms with Gasteiger partial charge in [0.25, 0.3) is 0 Å². The molecular formula is C20H18F2N2O3S. The molecule has 0 fully saturated rings. The van der Waals surface area contributed by atoms with Crippen molar-refractivity contribution in [2.45, 2.75) is 19.7 Å². The molecule has 0 amide bonds. The third-order valence-corrected chi connectivity index (χ3v) is 4.26. The summed E-state index contributed by atoms with van der Waals surface area (Å²) in [7, 11) is 0. The van der Waals surface area contributed by atoms with Crippen molar-refractivity contribution in [1.29, 1.82) is 0 Å². The lowest BCUT2D eigenvalue weighted by molar-refractivity contribution is -0.0498. The van der Waals surface area contributed by atoms with Crippen molar-refractivity contribution in [3.8, 4) is 11.5 Å². The second kappa shape index (κ2) is 9.18. The first-order chi connectivity index (χ1) is 13.5. The van der Waals surface area contributed by atoms with Crippen molar-refractivity contribution in [2.75, 3.05) is 5.32 Å². The van der Waals surface area contributed by atoms with Crippen molar-refractivity contribution in [3.63, 3.8) is 0 Å². The lowest BCUT2D eigenvalue weighted by Gasteiger charge is -2.25. The summed E-state index contributed by atoms with van der Waals surface area (Å²) < 4.78 is 34.3. The summed E-state index contributed by atoms with van der Waals surface area (Å²) in [5, 5.41) is 13.5. The predicted octanol–water partition coefficient (Wildman–Crippen LogP) is 4.99. The lowest BCUT2D eigenvalue weighted by atomic mass is 10.2. The van der Waals surface area contributed by atoms with E-state index in [1.165, 1.54) is 12.1 Å². The molecule has 0 unspecified atom stereocenters. The van der Waals surface area contributed by atoms with Gasteiger partial charge in [0.2, 0.25) is 0 Å². The van der Waals surface area contributed by atoms with Gasteiger partial charge in [-0.2, -0.15) is 8.78 Å². The van der Waals surface area contributed by atoms with Gasteiger partial charge in [-0.05, 0) is 54.7 Å². The average molecular weight is 404 g/mol. The van der Waals surface area contributed by atoms with Gasteiger partial charge in [-0.3, -0.25) is 0 Å². The smallest absolute Gasteiger partial charge is 0.387 e. The van der Waals surface area contributed by atoms with Crippen LogP contribution in [-0.4, -0.2) is 21.7 Å². The predicted molar refractivity (Wildman–Crippen MR) is 105 cm³/mol. The summed E-state index contributed by atoms with van der Waals surface area (Å²) in [5.41, 5.74) is 1.33. The first-order valence-electron chi connectivity index (χ1n) is 8.41. The fraction of sp³-hybridized carbons (Fsp3) is 0.150. The summed E-state index contributed by atoms with van der Waals surface area (Å²) in [6, 6.07) is 16.6. The Morgan fingerprint density at radius 3 is 2.46 bits per heavy atom. The summed E-state index contributed by atoms with van der Waals surface area (Å²) in [4.78, 5) is 1.83. The molecule has 3 aromatic rings. The molecule has 0 bridgehead atoms. The van der Waals surface area contributed by atoms with E-state index < -0.39 is 6.61 Å². The number of halogens is 2. The number of nitrogens with zero attached hydrogens (tertiary/aromatic N) is 1. The summed E-state index contributed by atoms with van der Waals surface area (Å²) in [5.74, 6) is 0.941. The monoisotopic (exact) mass is 404 g/mol. The standard InChI is InChI=1S/C20H18F2N2O3S/c21-19(22)27-16-9-7-15(8-10-16)23-20(28)24(13-17-5-3-11-26-17)12-14-4-1-2-6-18(14)25/h1-11,19,25H,12-13H2,(H,23,28). The number of benzene rings is 2. The zero-order chi connectivity index (χ0) is 19.9. The number of ether oxygens (including phenoxy) is 1. The van der Waals surface area contributed by atoms with Gasteiger partial charge in [0.15, 0.2) is 5.11 Å². The van der Waals surface area contributed by atoms with Crippen LogP contribution >= 0.6 is 12.2 Å². The molecule has 0 saturated heterocycles. The number of aromatic hydroxyl groups is 1. The highest BCUT2D eigenvalue weighted by Gasteiger charge is 2.15. The Morgan fingerprint density at radius 1 is 1.07 bits per heavy atom. The van der Waals surface area contributed by atoms with E-state index in [1.54, 1.807) is 36.6 Å². The first kappa shape index (κ1) is 19.6. The number of thiocarbonyl (C=S) groups is 1. The molecule has 1 aromatic heterocycles. The Morgan fingerprint density at radius 2 is 1.82 bits per heavy atom. The fourth-order valence-electron chi connectivity index (χ4n) is 2.56. The van der Waals surface area contributed by atoms with Crippen LogP contribution in [0.2, 0.25) is 0 Å². The molecule has 8 heteroatoms. The van der Waals surface area contributed by atoms with Gasteiger partial charge in [-0.1, -0.05) is 18.2 Å². The maximum atomic E-state index is 12.3. The number of hydrogen-bond donors (Lipinski definition) is 2. The SMILES string of the molecule is Oc1ccccc1CN(Cc1ccco1)C(=S)Nc1ccc(OC(F)F)cc1. The molecule has 3 rings (SSSR count). The molecule has 0 radical (unpaired) electrons. The van der Waals surface area contributed by atoms with Crippen LogP contribution in [0.3, 0.4) is 0 Å². The Bertz CT molecular complexity index is 902. The summed E-state index contributed by atoms with van der Waals surface area (Å²) >= 11 is 5.52. The van der Waals surface area contributed by atoms with Crippen LogP contribution in [0, 0.1) is 0 Å². The van der Waals surface area contributed by atoms with Crippen LogP contribution < -0.4 is 10.1 Å². The largest absolute Gasteiger partial charge is 0.508 e. The molecule has 0 aliphatic heterocycles. The minimum absolute atomic E-state index is 0.0631. The summed E-state index contributed by atoms with van der Waals surface area (Å²) in [6.07, 6.45) is 1.58. The number of nitrogens with one attached hydrogen (secondary N) is 1. The van der Waals surface area contributed by atoms with E-state index in [-0.39, 0.29) is 11.5 Å². The van der Waals surface area contributed by atoms with Gasteiger partial charge in [-0.25, -0.2) is 0 Å². The quantitative estimate of drug-likeness (QED) is 0.542. The highest BCUT2D eigenvalue weighted by atomic mass is 32.1. The van der Waals surface area contributed by atoms with Gasteiger partial charge >= 0.3 is 6.61 Å². The van der Waals surface area contributed by atoms with Crippen molar-refractivity contribution in [2.24, 2.45) is 0 Å². The van der Waals surface area contributed by atoms with E-state index in [2.05, 4.69) is 10.1 Å². The molecule has 0 atom stereocenters. The van der Waals surface area contributed by atoms with Gasteiger partial charge in [0.05, 0.1) is 12.8 Å². The Balaban J connectivity index is 1.73. The van der Waals surface area contributed by atoms with E-state index in [0.29, 0.717) is 35.2 Å². The molecule has 5 nitrogen and oxygen atoms in total.